The number of hydrogen-bond donors (Lipinski definition) is 2. The summed E-state index contributed by atoms with van der Waals surface area (Å²) in [6, 6.07) is 2.15. The largest absolute Gasteiger partial charge is 0.471 e. The maximum absolute atomic E-state index is 11.2. The molecule has 4 bridgehead atoms. The Balaban J connectivity index is 1.42. The molecule has 4 saturated carbocycles. The summed E-state index contributed by atoms with van der Waals surface area (Å²) in [5.41, 5.74) is 4.17. The molecule has 2 N–H and O–H groups in total. The highest BCUT2D eigenvalue weighted by Crippen LogP contribution is 2.56. The van der Waals surface area contributed by atoms with Crippen LogP contribution in [0.4, 0.5) is 0 Å². The minimum absolute atomic E-state index is 0.113. The lowest BCUT2D eigenvalue weighted by molar-refractivity contribution is -0.0480. The van der Waals surface area contributed by atoms with Gasteiger partial charge in [0.2, 0.25) is 0 Å². The van der Waals surface area contributed by atoms with Crippen molar-refractivity contribution in [2.24, 2.45) is 28.8 Å². The first-order valence-corrected chi connectivity index (χ1v) is 11.3. The Labute approximate surface area is 170 Å². The minimum atomic E-state index is -0.437. The summed E-state index contributed by atoms with van der Waals surface area (Å²) in [6.07, 6.45) is 11.6. The van der Waals surface area contributed by atoms with Crippen LogP contribution < -0.4 is 5.46 Å². The molecule has 5 fully saturated rings. The van der Waals surface area contributed by atoms with Crippen LogP contribution in [0.25, 0.3) is 11.0 Å². The number of hydrogen-bond acceptors (Lipinski definition) is 5. The van der Waals surface area contributed by atoms with Gasteiger partial charge >= 0.3 is 7.05 Å². The maximum Gasteiger partial charge on any atom is 0.471 e. The van der Waals surface area contributed by atoms with Crippen molar-refractivity contribution in [2.75, 3.05) is 13.2 Å². The van der Waals surface area contributed by atoms with E-state index in [0.29, 0.717) is 23.7 Å². The van der Waals surface area contributed by atoms with Gasteiger partial charge in [-0.25, -0.2) is 4.98 Å². The molecule has 8 rings (SSSR count). The van der Waals surface area contributed by atoms with Crippen LogP contribution in [0, 0.1) is 23.7 Å². The monoisotopic (exact) mass is 390 g/mol. The van der Waals surface area contributed by atoms with Crippen LogP contribution in [0.3, 0.4) is 0 Å². The summed E-state index contributed by atoms with van der Waals surface area (Å²) >= 11 is 0. The topological polar surface area (TPSA) is 73.7 Å². The lowest BCUT2D eigenvalue weighted by atomic mass is 9.57. The molecule has 7 heteroatoms. The van der Waals surface area contributed by atoms with Crippen LogP contribution in [0.15, 0.2) is 23.6 Å². The number of aromatic nitrogens is 2. The molecule has 1 saturated heterocycles. The van der Waals surface area contributed by atoms with Crippen LogP contribution in [-0.2, 0) is 4.65 Å². The zero-order valence-corrected chi connectivity index (χ0v) is 16.7. The summed E-state index contributed by atoms with van der Waals surface area (Å²) in [6.45, 7) is 1.72. The van der Waals surface area contributed by atoms with Crippen molar-refractivity contribution in [3.05, 3.63) is 24.0 Å². The number of rotatable bonds is 1. The molecule has 6 aliphatic rings. The van der Waals surface area contributed by atoms with Crippen LogP contribution in [0.1, 0.15) is 50.5 Å². The van der Waals surface area contributed by atoms with E-state index >= 15 is 0 Å². The number of H-pyrrole nitrogens is 1. The molecule has 0 unspecified atom stereocenters. The van der Waals surface area contributed by atoms with Crippen molar-refractivity contribution in [1.29, 1.82) is 0 Å². The predicted molar refractivity (Wildman–Crippen MR) is 112 cm³/mol. The van der Waals surface area contributed by atoms with E-state index in [4.69, 9.17) is 9.76 Å². The fourth-order valence-electron chi connectivity index (χ4n) is 7.41. The summed E-state index contributed by atoms with van der Waals surface area (Å²) in [7, 11) is -0.113. The molecule has 0 radical (unpaired) electrons. The van der Waals surface area contributed by atoms with Gasteiger partial charge in [-0.05, 0) is 68.8 Å². The number of aromatic amines is 1. The van der Waals surface area contributed by atoms with E-state index in [1.54, 1.807) is 0 Å². The smallest absolute Gasteiger partial charge is 0.412 e. The standard InChI is InChI=1S/C22H27BN4O2/c28-22-4-2-14-8-13(10-22)9-15(11-22)18(14)20-19-16-3-5-24-21(16)25-12-17(19)23-27(26-20)6-1-7-29-23/h3,5,12-15,18,28H,1-2,4,6-11H2,(H,24,25)/t13-,14-,15-,18-,22-/m1/s1. The van der Waals surface area contributed by atoms with Gasteiger partial charge in [-0.2, -0.15) is 5.10 Å². The maximum atomic E-state index is 11.2. The highest BCUT2D eigenvalue weighted by Gasteiger charge is 2.54. The van der Waals surface area contributed by atoms with E-state index in [1.165, 1.54) is 35.0 Å². The molecule has 0 spiro atoms. The van der Waals surface area contributed by atoms with E-state index in [0.717, 1.165) is 50.9 Å². The van der Waals surface area contributed by atoms with Gasteiger partial charge in [0.05, 0.1) is 11.3 Å². The SMILES string of the molecule is O[C@@]12CC[C@@H]3C[C@H](C[C@H](C1)[C@@H]3C1=NN3CCCOB3c3cnc4[nH]ccc4c31)C2. The molecule has 5 atom stereocenters. The predicted octanol–water partition coefficient (Wildman–Crippen LogP) is 2.28. The third kappa shape index (κ3) is 2.37. The number of nitrogens with one attached hydrogen (secondary N) is 1. The van der Waals surface area contributed by atoms with E-state index in [1.807, 2.05) is 12.4 Å². The van der Waals surface area contributed by atoms with Crippen LogP contribution in [-0.4, -0.2) is 51.5 Å². The van der Waals surface area contributed by atoms with Gasteiger partial charge in [-0.1, -0.05) is 0 Å². The van der Waals surface area contributed by atoms with Crippen LogP contribution in [0.5, 0.6) is 0 Å². The van der Waals surface area contributed by atoms with E-state index in [9.17, 15) is 5.11 Å². The number of hydrazone groups is 1. The lowest BCUT2D eigenvalue weighted by Crippen LogP contribution is -2.58. The van der Waals surface area contributed by atoms with Crippen LogP contribution in [0.2, 0.25) is 0 Å². The first-order chi connectivity index (χ1) is 14.2. The van der Waals surface area contributed by atoms with Crippen molar-refractivity contribution in [2.45, 2.75) is 50.5 Å². The minimum Gasteiger partial charge on any atom is -0.412 e. The fraction of sp³-hybridized carbons (Fsp3) is 0.636. The molecular weight excluding hydrogens is 363 g/mol. The molecule has 4 aliphatic carbocycles. The molecular formula is C22H27BN4O2. The van der Waals surface area contributed by atoms with Crippen molar-refractivity contribution in [3.63, 3.8) is 0 Å². The highest BCUT2D eigenvalue weighted by atomic mass is 16.4. The third-order valence-corrected chi connectivity index (χ3v) is 8.35. The second-order valence-corrected chi connectivity index (χ2v) is 10.1. The average Bonchev–Trinajstić information content (AvgIpc) is 3.13. The molecule has 29 heavy (non-hydrogen) atoms. The Kier molecular flexibility index (Phi) is 3.41. The first kappa shape index (κ1) is 16.9. The summed E-state index contributed by atoms with van der Waals surface area (Å²) in [5, 5.41) is 17.7. The molecule has 2 aromatic heterocycles. The van der Waals surface area contributed by atoms with E-state index in [2.05, 4.69) is 21.0 Å². The first-order valence-electron chi connectivity index (χ1n) is 11.3. The van der Waals surface area contributed by atoms with E-state index in [-0.39, 0.29) is 7.05 Å². The zero-order chi connectivity index (χ0) is 19.2. The molecule has 6 nitrogen and oxygen atoms in total. The highest BCUT2D eigenvalue weighted by molar-refractivity contribution is 6.67. The van der Waals surface area contributed by atoms with Gasteiger partial charge in [0, 0.05) is 47.9 Å². The molecule has 2 aliphatic heterocycles. The van der Waals surface area contributed by atoms with Gasteiger partial charge in [0.15, 0.2) is 0 Å². The molecule has 4 heterocycles. The normalized spacial score (nSPS) is 38.0. The summed E-state index contributed by atoms with van der Waals surface area (Å²) in [4.78, 5) is 10.1. The van der Waals surface area contributed by atoms with Crippen LogP contribution >= 0.6 is 0 Å². The number of pyridine rings is 1. The van der Waals surface area contributed by atoms with Crippen molar-refractivity contribution < 1.29 is 9.76 Å². The zero-order valence-electron chi connectivity index (χ0n) is 16.7. The Bertz CT molecular complexity index is 1020. The summed E-state index contributed by atoms with van der Waals surface area (Å²) < 4.78 is 6.16. The second kappa shape index (κ2) is 5.85. The molecule has 2 aromatic rings. The van der Waals surface area contributed by atoms with Gasteiger partial charge < -0.3 is 19.7 Å². The van der Waals surface area contributed by atoms with Gasteiger partial charge in [0.25, 0.3) is 0 Å². The van der Waals surface area contributed by atoms with E-state index < -0.39 is 5.60 Å². The Hall–Kier alpha value is -1.86. The Morgan fingerprint density at radius 2 is 2.21 bits per heavy atom. The molecule has 0 aromatic carbocycles. The summed E-state index contributed by atoms with van der Waals surface area (Å²) in [5.74, 6) is 2.30. The number of nitrogens with zero attached hydrogens (tertiary/aromatic N) is 3. The fourth-order valence-corrected chi connectivity index (χ4v) is 7.41. The molecule has 150 valence electrons. The number of fused-ring (bicyclic) bond motifs is 6. The van der Waals surface area contributed by atoms with Crippen molar-refractivity contribution >= 4 is 29.3 Å². The van der Waals surface area contributed by atoms with Gasteiger partial charge in [-0.3, -0.25) is 0 Å². The van der Waals surface area contributed by atoms with Crippen molar-refractivity contribution in [1.82, 2.24) is 14.9 Å². The lowest BCUT2D eigenvalue weighted by Gasteiger charge is -2.48. The quantitative estimate of drug-likeness (QED) is 0.733. The van der Waals surface area contributed by atoms with Gasteiger partial charge in [-0.15, -0.1) is 0 Å². The second-order valence-electron chi connectivity index (χ2n) is 10.1. The third-order valence-electron chi connectivity index (χ3n) is 8.35. The Morgan fingerprint density at radius 3 is 3.17 bits per heavy atom. The number of aliphatic hydroxyl groups is 1. The van der Waals surface area contributed by atoms with Crippen molar-refractivity contribution in [3.8, 4) is 0 Å². The molecule has 0 amide bonds. The average molecular weight is 390 g/mol. The Morgan fingerprint density at radius 1 is 1.28 bits per heavy atom. The van der Waals surface area contributed by atoms with Gasteiger partial charge in [0.1, 0.15) is 5.65 Å².